The summed E-state index contributed by atoms with van der Waals surface area (Å²) in [7, 11) is 0. The zero-order chi connectivity index (χ0) is 22.9. The molecular weight excluding hydrogens is 428 g/mol. The second kappa shape index (κ2) is 8.75. The highest BCUT2D eigenvalue weighted by Crippen LogP contribution is 2.43. The van der Waals surface area contributed by atoms with Crippen molar-refractivity contribution in [2.24, 2.45) is 0 Å². The molecule has 1 aliphatic rings. The van der Waals surface area contributed by atoms with Crippen LogP contribution >= 0.6 is 11.8 Å². The lowest BCUT2D eigenvalue weighted by Crippen LogP contribution is -2.28. The van der Waals surface area contributed by atoms with Crippen LogP contribution in [0.5, 0.6) is 0 Å². The zero-order valence-electron chi connectivity index (χ0n) is 18.5. The number of carbonyl (C=O) groups is 2. The highest BCUT2D eigenvalue weighted by Gasteiger charge is 2.34. The molecule has 5 heteroatoms. The van der Waals surface area contributed by atoms with Crippen LogP contribution in [-0.4, -0.2) is 17.6 Å². The minimum Gasteiger partial charge on any atom is -0.322 e. The Morgan fingerprint density at radius 1 is 0.909 bits per heavy atom. The molecule has 1 atom stereocenters. The number of aryl methyl sites for hydroxylation is 2. The molecule has 1 heterocycles. The maximum absolute atomic E-state index is 12.9. The number of hydrogen-bond acceptors (Lipinski definition) is 3. The lowest BCUT2D eigenvalue weighted by molar-refractivity contribution is -0.115. The van der Waals surface area contributed by atoms with Crippen LogP contribution in [0.4, 0.5) is 11.4 Å². The van der Waals surface area contributed by atoms with Gasteiger partial charge in [0.1, 0.15) is 5.37 Å². The molecule has 33 heavy (non-hydrogen) atoms. The predicted octanol–water partition coefficient (Wildman–Crippen LogP) is 6.49. The zero-order valence-corrected chi connectivity index (χ0v) is 19.4. The van der Waals surface area contributed by atoms with Crippen molar-refractivity contribution >= 4 is 45.7 Å². The van der Waals surface area contributed by atoms with Gasteiger partial charge in [-0.1, -0.05) is 60.2 Å². The Morgan fingerprint density at radius 3 is 2.55 bits per heavy atom. The first-order valence-electron chi connectivity index (χ1n) is 10.9. The molecule has 164 valence electrons. The summed E-state index contributed by atoms with van der Waals surface area (Å²) < 4.78 is 0. The van der Waals surface area contributed by atoms with E-state index in [2.05, 4.69) is 18.3 Å². The molecule has 1 aliphatic heterocycles. The number of thioether (sulfide) groups is 1. The van der Waals surface area contributed by atoms with E-state index in [1.54, 1.807) is 11.8 Å². The normalized spacial score (nSPS) is 15.8. The number of carbonyl (C=O) groups excluding carboxylic acids is 2. The minimum absolute atomic E-state index is 0.0996. The van der Waals surface area contributed by atoms with Gasteiger partial charge in [0.2, 0.25) is 5.91 Å². The van der Waals surface area contributed by atoms with E-state index >= 15 is 0 Å². The maximum atomic E-state index is 12.9. The van der Waals surface area contributed by atoms with Crippen LogP contribution < -0.4 is 10.2 Å². The number of fused-ring (bicyclic) bond motifs is 1. The number of amides is 2. The lowest BCUT2D eigenvalue weighted by Gasteiger charge is -2.26. The molecule has 4 aromatic carbocycles. The molecule has 0 aromatic heterocycles. The number of benzene rings is 4. The van der Waals surface area contributed by atoms with Gasteiger partial charge in [-0.25, -0.2) is 0 Å². The van der Waals surface area contributed by atoms with Crippen molar-refractivity contribution in [1.82, 2.24) is 0 Å². The Bertz CT molecular complexity index is 1380. The summed E-state index contributed by atoms with van der Waals surface area (Å²) in [4.78, 5) is 27.6. The van der Waals surface area contributed by atoms with Gasteiger partial charge in [0.05, 0.1) is 5.75 Å². The van der Waals surface area contributed by atoms with Gasteiger partial charge in [-0.15, -0.1) is 11.8 Å². The molecule has 1 unspecified atom stereocenters. The van der Waals surface area contributed by atoms with Gasteiger partial charge in [0.15, 0.2) is 0 Å². The topological polar surface area (TPSA) is 49.4 Å². The Balaban J connectivity index is 1.41. The van der Waals surface area contributed by atoms with Crippen molar-refractivity contribution in [3.63, 3.8) is 0 Å². The standard InChI is InChI=1S/C28H24N2O2S/c1-18-10-13-25(19(2)14-18)30-26(31)17-33-28(30)23-8-5-9-24(16-23)29-27(32)22-12-11-20-6-3-4-7-21(20)15-22/h3-16,28H,17H2,1-2H3,(H,29,32). The van der Waals surface area contributed by atoms with E-state index in [1.807, 2.05) is 90.7 Å². The van der Waals surface area contributed by atoms with Crippen LogP contribution in [0.25, 0.3) is 10.8 Å². The van der Waals surface area contributed by atoms with E-state index in [-0.39, 0.29) is 17.2 Å². The molecule has 1 N–H and O–H groups in total. The third kappa shape index (κ3) is 4.24. The third-order valence-electron chi connectivity index (χ3n) is 5.92. The molecule has 4 aromatic rings. The first kappa shape index (κ1) is 21.3. The van der Waals surface area contributed by atoms with Crippen LogP contribution in [0.1, 0.15) is 32.4 Å². The van der Waals surface area contributed by atoms with Crippen molar-refractivity contribution in [3.8, 4) is 0 Å². The fraction of sp³-hybridized carbons (Fsp3) is 0.143. The van der Waals surface area contributed by atoms with Crippen LogP contribution in [0, 0.1) is 13.8 Å². The van der Waals surface area contributed by atoms with Crippen LogP contribution in [0.2, 0.25) is 0 Å². The van der Waals surface area contributed by atoms with E-state index in [0.29, 0.717) is 17.0 Å². The van der Waals surface area contributed by atoms with E-state index in [9.17, 15) is 9.59 Å². The van der Waals surface area contributed by atoms with E-state index in [4.69, 9.17) is 0 Å². The number of nitrogens with one attached hydrogen (secondary N) is 1. The number of hydrogen-bond donors (Lipinski definition) is 1. The third-order valence-corrected chi connectivity index (χ3v) is 7.13. The Labute approximate surface area is 197 Å². The second-order valence-electron chi connectivity index (χ2n) is 8.36. The summed E-state index contributed by atoms with van der Waals surface area (Å²) in [5, 5.41) is 5.03. The van der Waals surface area contributed by atoms with E-state index in [0.717, 1.165) is 27.6 Å². The molecule has 2 amide bonds. The summed E-state index contributed by atoms with van der Waals surface area (Å²) in [6, 6.07) is 27.6. The smallest absolute Gasteiger partial charge is 0.255 e. The Kier molecular flexibility index (Phi) is 5.65. The van der Waals surface area contributed by atoms with Gasteiger partial charge in [-0.2, -0.15) is 0 Å². The SMILES string of the molecule is Cc1ccc(N2C(=O)CSC2c2cccc(NC(=O)c3ccc4ccccc4c3)c2)c(C)c1. The van der Waals surface area contributed by atoms with Crippen molar-refractivity contribution in [1.29, 1.82) is 0 Å². The van der Waals surface area contributed by atoms with Gasteiger partial charge in [-0.3, -0.25) is 14.5 Å². The second-order valence-corrected chi connectivity index (χ2v) is 9.43. The molecule has 0 radical (unpaired) electrons. The predicted molar refractivity (Wildman–Crippen MR) is 137 cm³/mol. The quantitative estimate of drug-likeness (QED) is 0.385. The van der Waals surface area contributed by atoms with Crippen LogP contribution in [-0.2, 0) is 4.79 Å². The highest BCUT2D eigenvalue weighted by atomic mass is 32.2. The highest BCUT2D eigenvalue weighted by molar-refractivity contribution is 8.00. The van der Waals surface area contributed by atoms with E-state index < -0.39 is 0 Å². The summed E-state index contributed by atoms with van der Waals surface area (Å²) >= 11 is 1.61. The molecule has 0 saturated carbocycles. The summed E-state index contributed by atoms with van der Waals surface area (Å²) in [5.41, 5.74) is 5.50. The Morgan fingerprint density at radius 2 is 1.73 bits per heavy atom. The van der Waals surface area contributed by atoms with Gasteiger partial charge >= 0.3 is 0 Å². The molecule has 5 rings (SSSR count). The Hall–Kier alpha value is -3.57. The largest absolute Gasteiger partial charge is 0.322 e. The molecule has 4 nitrogen and oxygen atoms in total. The number of nitrogens with zero attached hydrogens (tertiary/aromatic N) is 1. The number of anilines is 2. The molecule has 1 saturated heterocycles. The van der Waals surface area contributed by atoms with Crippen molar-refractivity contribution in [2.45, 2.75) is 19.2 Å². The molecule has 0 aliphatic carbocycles. The molecule has 0 spiro atoms. The summed E-state index contributed by atoms with van der Waals surface area (Å²) in [6.07, 6.45) is 0. The van der Waals surface area contributed by atoms with Gasteiger partial charge < -0.3 is 5.32 Å². The minimum atomic E-state index is -0.153. The molecule has 0 bridgehead atoms. The first-order valence-corrected chi connectivity index (χ1v) is 12.0. The fourth-order valence-electron chi connectivity index (χ4n) is 4.31. The van der Waals surface area contributed by atoms with Crippen molar-refractivity contribution < 1.29 is 9.59 Å². The van der Waals surface area contributed by atoms with Gasteiger partial charge in [0.25, 0.3) is 5.91 Å². The summed E-state index contributed by atoms with van der Waals surface area (Å²) in [6.45, 7) is 4.09. The van der Waals surface area contributed by atoms with Gasteiger partial charge in [0, 0.05) is 16.9 Å². The first-order chi connectivity index (χ1) is 16.0. The van der Waals surface area contributed by atoms with E-state index in [1.165, 1.54) is 5.56 Å². The van der Waals surface area contributed by atoms with Crippen molar-refractivity contribution in [2.75, 3.05) is 16.0 Å². The summed E-state index contributed by atoms with van der Waals surface area (Å²) in [5.74, 6) is 0.382. The average Bonchev–Trinajstić information content (AvgIpc) is 3.20. The monoisotopic (exact) mass is 452 g/mol. The number of rotatable bonds is 4. The lowest BCUT2D eigenvalue weighted by atomic mass is 10.1. The van der Waals surface area contributed by atoms with Crippen molar-refractivity contribution in [3.05, 3.63) is 107 Å². The fourth-order valence-corrected chi connectivity index (χ4v) is 5.47. The van der Waals surface area contributed by atoms with Crippen LogP contribution in [0.3, 0.4) is 0 Å². The molecular formula is C28H24N2O2S. The maximum Gasteiger partial charge on any atom is 0.255 e. The molecule has 1 fully saturated rings. The van der Waals surface area contributed by atoms with Gasteiger partial charge in [-0.05, 0) is 66.1 Å². The van der Waals surface area contributed by atoms with Crippen LogP contribution in [0.15, 0.2) is 84.9 Å². The average molecular weight is 453 g/mol.